The molecule has 0 amide bonds. The highest BCUT2D eigenvalue weighted by Crippen LogP contribution is 2.26. The van der Waals surface area contributed by atoms with Gasteiger partial charge in [0.05, 0.1) is 0 Å². The lowest BCUT2D eigenvalue weighted by atomic mass is 9.96. The Balaban J connectivity index is 2.51. The van der Waals surface area contributed by atoms with Crippen molar-refractivity contribution < 1.29 is 0 Å². The number of nitrogens with one attached hydrogen (secondary N) is 1. The molecule has 2 rings (SSSR count). The Labute approximate surface area is 103 Å². The summed E-state index contributed by atoms with van der Waals surface area (Å²) in [6.07, 6.45) is 3.77. The molecule has 2 heteroatoms. The van der Waals surface area contributed by atoms with E-state index in [2.05, 4.69) is 48.4 Å². The van der Waals surface area contributed by atoms with Crippen LogP contribution in [0.5, 0.6) is 0 Å². The number of hydrogen-bond acceptors (Lipinski definition) is 2. The number of hydrogen-bond donors (Lipinski definition) is 1. The minimum atomic E-state index is 0.900. The third-order valence-electron chi connectivity index (χ3n) is 2.99. The van der Waals surface area contributed by atoms with Crippen molar-refractivity contribution in [2.45, 2.75) is 20.4 Å². The second kappa shape index (κ2) is 5.11. The van der Waals surface area contributed by atoms with Gasteiger partial charge in [0.1, 0.15) is 0 Å². The minimum absolute atomic E-state index is 0.900. The molecule has 0 fully saturated rings. The van der Waals surface area contributed by atoms with Gasteiger partial charge in [-0.3, -0.25) is 4.98 Å². The van der Waals surface area contributed by atoms with Crippen molar-refractivity contribution >= 4 is 0 Å². The van der Waals surface area contributed by atoms with E-state index >= 15 is 0 Å². The number of pyridine rings is 1. The fraction of sp³-hybridized carbons (Fsp3) is 0.267. The molecule has 1 aromatic heterocycles. The van der Waals surface area contributed by atoms with E-state index in [1.54, 1.807) is 0 Å². The molecule has 1 aromatic carbocycles. The minimum Gasteiger partial charge on any atom is -0.316 e. The lowest BCUT2D eigenvalue weighted by Gasteiger charge is -2.11. The second-order valence-electron chi connectivity index (χ2n) is 4.37. The highest BCUT2D eigenvalue weighted by Gasteiger charge is 2.05. The predicted molar refractivity (Wildman–Crippen MR) is 71.9 cm³/mol. The number of rotatable bonds is 3. The third kappa shape index (κ3) is 2.53. The van der Waals surface area contributed by atoms with Gasteiger partial charge in [0.15, 0.2) is 0 Å². The summed E-state index contributed by atoms with van der Waals surface area (Å²) in [4.78, 5) is 4.15. The molecule has 0 aliphatic carbocycles. The number of nitrogens with zero attached hydrogens (tertiary/aromatic N) is 1. The smallest absolute Gasteiger partial charge is 0.0303 e. The van der Waals surface area contributed by atoms with Crippen LogP contribution in [0.15, 0.2) is 36.7 Å². The number of benzene rings is 1. The Morgan fingerprint density at radius 1 is 1.06 bits per heavy atom. The average molecular weight is 226 g/mol. The lowest BCUT2D eigenvalue weighted by Crippen LogP contribution is -2.05. The first-order valence-electron chi connectivity index (χ1n) is 5.87. The lowest BCUT2D eigenvalue weighted by molar-refractivity contribution is 0.818. The van der Waals surface area contributed by atoms with Gasteiger partial charge in [-0.05, 0) is 60.8 Å². The van der Waals surface area contributed by atoms with Crippen LogP contribution >= 0.6 is 0 Å². The Morgan fingerprint density at radius 3 is 2.59 bits per heavy atom. The van der Waals surface area contributed by atoms with Crippen molar-refractivity contribution in [2.75, 3.05) is 7.05 Å². The third-order valence-corrected chi connectivity index (χ3v) is 2.99. The Kier molecular flexibility index (Phi) is 3.55. The monoisotopic (exact) mass is 226 g/mol. The first kappa shape index (κ1) is 11.8. The van der Waals surface area contributed by atoms with E-state index in [4.69, 9.17) is 0 Å². The van der Waals surface area contributed by atoms with Crippen LogP contribution < -0.4 is 5.32 Å². The van der Waals surface area contributed by atoms with E-state index in [-0.39, 0.29) is 0 Å². The van der Waals surface area contributed by atoms with Crippen molar-refractivity contribution in [1.82, 2.24) is 10.3 Å². The molecule has 0 bridgehead atoms. The van der Waals surface area contributed by atoms with Gasteiger partial charge in [-0.25, -0.2) is 0 Å². The molecule has 0 unspecified atom stereocenters. The van der Waals surface area contributed by atoms with Crippen molar-refractivity contribution in [3.05, 3.63) is 53.3 Å². The van der Waals surface area contributed by atoms with Gasteiger partial charge < -0.3 is 5.32 Å². The maximum Gasteiger partial charge on any atom is 0.0303 e. The summed E-state index contributed by atoms with van der Waals surface area (Å²) in [6.45, 7) is 5.16. The first-order valence-corrected chi connectivity index (χ1v) is 5.87. The van der Waals surface area contributed by atoms with Gasteiger partial charge in [-0.2, -0.15) is 0 Å². The molecule has 0 aliphatic heterocycles. The van der Waals surface area contributed by atoms with Crippen molar-refractivity contribution in [2.24, 2.45) is 0 Å². The number of aromatic nitrogens is 1. The average Bonchev–Trinajstić information content (AvgIpc) is 2.33. The highest BCUT2D eigenvalue weighted by atomic mass is 14.8. The molecule has 0 atom stereocenters. The van der Waals surface area contributed by atoms with E-state index in [0.717, 1.165) is 6.54 Å². The normalized spacial score (nSPS) is 10.5. The van der Waals surface area contributed by atoms with Crippen LogP contribution in [0.4, 0.5) is 0 Å². The van der Waals surface area contributed by atoms with Crippen molar-refractivity contribution in [3.8, 4) is 11.1 Å². The van der Waals surface area contributed by atoms with Crippen molar-refractivity contribution in [3.63, 3.8) is 0 Å². The number of aryl methyl sites for hydroxylation is 2. The maximum absolute atomic E-state index is 4.15. The standard InChI is InChI=1S/C15H18N2/c1-11-4-5-13(10-16-3)8-15(11)14-6-7-17-9-12(14)2/h4-9,16H,10H2,1-3H3. The fourth-order valence-corrected chi connectivity index (χ4v) is 2.05. The Bertz CT molecular complexity index is 518. The maximum atomic E-state index is 4.15. The molecule has 0 saturated carbocycles. The molecular formula is C15H18N2. The molecule has 1 heterocycles. The van der Waals surface area contributed by atoms with Crippen LogP contribution in [0.3, 0.4) is 0 Å². The Morgan fingerprint density at radius 2 is 1.88 bits per heavy atom. The molecule has 0 aliphatic rings. The predicted octanol–water partition coefficient (Wildman–Crippen LogP) is 3.08. The molecule has 0 saturated heterocycles. The summed E-state index contributed by atoms with van der Waals surface area (Å²) < 4.78 is 0. The summed E-state index contributed by atoms with van der Waals surface area (Å²) in [7, 11) is 1.97. The summed E-state index contributed by atoms with van der Waals surface area (Å²) in [5, 5.41) is 3.18. The fourth-order valence-electron chi connectivity index (χ4n) is 2.05. The molecule has 17 heavy (non-hydrogen) atoms. The SMILES string of the molecule is CNCc1ccc(C)c(-c2ccncc2C)c1. The summed E-state index contributed by atoms with van der Waals surface area (Å²) in [6, 6.07) is 8.70. The van der Waals surface area contributed by atoms with Gasteiger partial charge in [-0.15, -0.1) is 0 Å². The zero-order valence-corrected chi connectivity index (χ0v) is 10.6. The molecule has 2 nitrogen and oxygen atoms in total. The van der Waals surface area contributed by atoms with E-state index in [1.165, 1.54) is 27.8 Å². The van der Waals surface area contributed by atoms with Crippen LogP contribution in [0.2, 0.25) is 0 Å². The molecule has 0 radical (unpaired) electrons. The topological polar surface area (TPSA) is 24.9 Å². The van der Waals surface area contributed by atoms with E-state index in [0.29, 0.717) is 0 Å². The summed E-state index contributed by atoms with van der Waals surface area (Å²) >= 11 is 0. The van der Waals surface area contributed by atoms with Gasteiger partial charge >= 0.3 is 0 Å². The van der Waals surface area contributed by atoms with Gasteiger partial charge in [0, 0.05) is 18.9 Å². The molecule has 0 spiro atoms. The summed E-state index contributed by atoms with van der Waals surface area (Å²) in [5.74, 6) is 0. The zero-order chi connectivity index (χ0) is 12.3. The molecule has 88 valence electrons. The molecular weight excluding hydrogens is 208 g/mol. The van der Waals surface area contributed by atoms with E-state index in [1.807, 2.05) is 19.4 Å². The summed E-state index contributed by atoms with van der Waals surface area (Å²) in [5.41, 5.74) is 6.41. The Hall–Kier alpha value is -1.67. The largest absolute Gasteiger partial charge is 0.316 e. The van der Waals surface area contributed by atoms with Crippen LogP contribution in [0, 0.1) is 13.8 Å². The first-order chi connectivity index (χ1) is 8.22. The quantitative estimate of drug-likeness (QED) is 0.870. The van der Waals surface area contributed by atoms with Crippen LogP contribution in [0.25, 0.3) is 11.1 Å². The second-order valence-corrected chi connectivity index (χ2v) is 4.37. The van der Waals surface area contributed by atoms with Crippen LogP contribution in [-0.2, 0) is 6.54 Å². The highest BCUT2D eigenvalue weighted by molar-refractivity contribution is 5.70. The molecule has 2 aromatic rings. The van der Waals surface area contributed by atoms with Gasteiger partial charge in [-0.1, -0.05) is 12.1 Å². The van der Waals surface area contributed by atoms with Crippen LogP contribution in [-0.4, -0.2) is 12.0 Å². The van der Waals surface area contributed by atoms with Crippen molar-refractivity contribution in [1.29, 1.82) is 0 Å². The zero-order valence-electron chi connectivity index (χ0n) is 10.6. The van der Waals surface area contributed by atoms with Gasteiger partial charge in [0.2, 0.25) is 0 Å². The van der Waals surface area contributed by atoms with Crippen LogP contribution in [0.1, 0.15) is 16.7 Å². The van der Waals surface area contributed by atoms with E-state index < -0.39 is 0 Å². The van der Waals surface area contributed by atoms with Gasteiger partial charge in [0.25, 0.3) is 0 Å². The van der Waals surface area contributed by atoms with E-state index in [9.17, 15) is 0 Å². The molecule has 1 N–H and O–H groups in total.